The Morgan fingerprint density at radius 1 is 1.47 bits per heavy atom. The van der Waals surface area contributed by atoms with E-state index in [2.05, 4.69) is 12.2 Å². The fourth-order valence-electron chi connectivity index (χ4n) is 3.12. The van der Waals surface area contributed by atoms with Gasteiger partial charge in [0, 0.05) is 22.8 Å². The smallest absolute Gasteiger partial charge is 0.126 e. The van der Waals surface area contributed by atoms with Crippen molar-refractivity contribution in [3.63, 3.8) is 0 Å². The molecule has 0 heterocycles. The van der Waals surface area contributed by atoms with E-state index in [1.165, 1.54) is 31.4 Å². The summed E-state index contributed by atoms with van der Waals surface area (Å²) in [6, 6.07) is 4.56. The summed E-state index contributed by atoms with van der Waals surface area (Å²) in [5, 5.41) is 3.85. The molecule has 1 saturated carbocycles. The first-order valence-corrected chi connectivity index (χ1v) is 7.39. The molecule has 19 heavy (non-hydrogen) atoms. The zero-order chi connectivity index (χ0) is 13.9. The molecule has 1 aromatic carbocycles. The van der Waals surface area contributed by atoms with Crippen LogP contribution in [-0.2, 0) is 0 Å². The highest BCUT2D eigenvalue weighted by Gasteiger charge is 2.34. The van der Waals surface area contributed by atoms with Crippen molar-refractivity contribution in [1.29, 1.82) is 0 Å². The summed E-state index contributed by atoms with van der Waals surface area (Å²) in [6.07, 6.45) is 5.70. The van der Waals surface area contributed by atoms with Gasteiger partial charge in [-0.2, -0.15) is 0 Å². The van der Waals surface area contributed by atoms with E-state index >= 15 is 0 Å². The second-order valence-electron chi connectivity index (χ2n) is 5.64. The van der Waals surface area contributed by atoms with Crippen molar-refractivity contribution in [3.8, 4) is 0 Å². The molecule has 106 valence electrons. The van der Waals surface area contributed by atoms with Crippen molar-refractivity contribution < 1.29 is 4.39 Å². The standard InChI is InChI=1S/C15H22ClFN2/c1-2-11-4-3-5-15(9-11,10-18)19-14-7-12(16)6-13(17)8-14/h6-8,11,19H,2-5,9-10,18H2,1H3. The Bertz CT molecular complexity index is 418. The van der Waals surface area contributed by atoms with E-state index in [1.54, 1.807) is 6.07 Å². The summed E-state index contributed by atoms with van der Waals surface area (Å²) < 4.78 is 13.4. The lowest BCUT2D eigenvalue weighted by Gasteiger charge is -2.41. The van der Waals surface area contributed by atoms with Gasteiger partial charge in [-0.1, -0.05) is 37.8 Å². The van der Waals surface area contributed by atoms with Gasteiger partial charge >= 0.3 is 0 Å². The fourth-order valence-corrected chi connectivity index (χ4v) is 3.34. The van der Waals surface area contributed by atoms with E-state index < -0.39 is 0 Å². The quantitative estimate of drug-likeness (QED) is 0.870. The highest BCUT2D eigenvalue weighted by atomic mass is 35.5. The topological polar surface area (TPSA) is 38.0 Å². The van der Waals surface area contributed by atoms with Crippen LogP contribution in [0.2, 0.25) is 5.02 Å². The van der Waals surface area contributed by atoms with Crippen LogP contribution < -0.4 is 11.1 Å². The Morgan fingerprint density at radius 2 is 2.26 bits per heavy atom. The molecule has 0 aromatic heterocycles. The van der Waals surface area contributed by atoms with Crippen LogP contribution in [0.4, 0.5) is 10.1 Å². The number of benzene rings is 1. The van der Waals surface area contributed by atoms with Crippen LogP contribution in [0.5, 0.6) is 0 Å². The molecule has 1 fully saturated rings. The normalized spacial score (nSPS) is 27.3. The number of nitrogens with two attached hydrogens (primary N) is 1. The van der Waals surface area contributed by atoms with Gasteiger partial charge in [0.25, 0.3) is 0 Å². The lowest BCUT2D eigenvalue weighted by molar-refractivity contribution is 0.244. The number of hydrogen-bond donors (Lipinski definition) is 2. The Morgan fingerprint density at radius 3 is 2.89 bits per heavy atom. The Balaban J connectivity index is 2.17. The molecule has 2 rings (SSSR count). The Kier molecular flexibility index (Phi) is 4.69. The summed E-state index contributed by atoms with van der Waals surface area (Å²) in [5.41, 5.74) is 6.60. The van der Waals surface area contributed by atoms with Crippen LogP contribution in [-0.4, -0.2) is 12.1 Å². The van der Waals surface area contributed by atoms with Crippen LogP contribution in [0.25, 0.3) is 0 Å². The van der Waals surface area contributed by atoms with E-state index in [4.69, 9.17) is 17.3 Å². The van der Waals surface area contributed by atoms with Crippen molar-refractivity contribution >= 4 is 17.3 Å². The van der Waals surface area contributed by atoms with E-state index in [0.717, 1.165) is 18.5 Å². The summed E-state index contributed by atoms with van der Waals surface area (Å²) in [6.45, 7) is 2.79. The molecule has 0 spiro atoms. The number of hydrogen-bond acceptors (Lipinski definition) is 2. The molecule has 0 bridgehead atoms. The molecule has 1 aromatic rings. The van der Waals surface area contributed by atoms with Crippen LogP contribution in [0.15, 0.2) is 18.2 Å². The monoisotopic (exact) mass is 284 g/mol. The third-order valence-electron chi connectivity index (χ3n) is 4.19. The van der Waals surface area contributed by atoms with Gasteiger partial charge < -0.3 is 11.1 Å². The number of nitrogens with one attached hydrogen (secondary N) is 1. The average Bonchev–Trinajstić information content (AvgIpc) is 2.37. The van der Waals surface area contributed by atoms with Gasteiger partial charge in [0.2, 0.25) is 0 Å². The molecule has 0 radical (unpaired) electrons. The van der Waals surface area contributed by atoms with Crippen molar-refractivity contribution in [2.45, 2.75) is 44.6 Å². The summed E-state index contributed by atoms with van der Waals surface area (Å²) >= 11 is 5.90. The minimum Gasteiger partial charge on any atom is -0.378 e. The second kappa shape index (κ2) is 6.10. The van der Waals surface area contributed by atoms with Gasteiger partial charge in [-0.25, -0.2) is 4.39 Å². The molecule has 2 unspecified atom stereocenters. The van der Waals surface area contributed by atoms with Crippen LogP contribution in [0.3, 0.4) is 0 Å². The largest absolute Gasteiger partial charge is 0.378 e. The predicted molar refractivity (Wildman–Crippen MR) is 79.1 cm³/mol. The van der Waals surface area contributed by atoms with Crippen molar-refractivity contribution in [2.24, 2.45) is 11.7 Å². The maximum Gasteiger partial charge on any atom is 0.126 e. The molecule has 0 saturated heterocycles. The summed E-state index contributed by atoms with van der Waals surface area (Å²) in [5.74, 6) is 0.388. The molecule has 1 aliphatic rings. The summed E-state index contributed by atoms with van der Waals surface area (Å²) in [4.78, 5) is 0. The minimum atomic E-state index is -0.315. The van der Waals surface area contributed by atoms with Crippen molar-refractivity contribution in [2.75, 3.05) is 11.9 Å². The molecule has 0 amide bonds. The van der Waals surface area contributed by atoms with E-state index in [0.29, 0.717) is 17.5 Å². The van der Waals surface area contributed by atoms with Gasteiger partial charge in [0.1, 0.15) is 5.82 Å². The van der Waals surface area contributed by atoms with Gasteiger partial charge in [0.05, 0.1) is 0 Å². The third-order valence-corrected chi connectivity index (χ3v) is 4.41. The van der Waals surface area contributed by atoms with Gasteiger partial charge in [-0.15, -0.1) is 0 Å². The summed E-state index contributed by atoms with van der Waals surface area (Å²) in [7, 11) is 0. The number of halogens is 2. The molecular weight excluding hydrogens is 263 g/mol. The van der Waals surface area contributed by atoms with Crippen LogP contribution in [0, 0.1) is 11.7 Å². The van der Waals surface area contributed by atoms with Crippen LogP contribution >= 0.6 is 11.6 Å². The zero-order valence-corrected chi connectivity index (χ0v) is 12.1. The van der Waals surface area contributed by atoms with E-state index in [-0.39, 0.29) is 11.4 Å². The molecular formula is C15H22ClFN2. The van der Waals surface area contributed by atoms with Gasteiger partial charge in [0.15, 0.2) is 0 Å². The fraction of sp³-hybridized carbons (Fsp3) is 0.600. The average molecular weight is 285 g/mol. The maximum absolute atomic E-state index is 13.4. The van der Waals surface area contributed by atoms with Gasteiger partial charge in [-0.3, -0.25) is 0 Å². The second-order valence-corrected chi connectivity index (χ2v) is 6.07. The van der Waals surface area contributed by atoms with Crippen molar-refractivity contribution in [1.82, 2.24) is 0 Å². The first-order chi connectivity index (χ1) is 9.07. The lowest BCUT2D eigenvalue weighted by Crippen LogP contribution is -2.49. The third kappa shape index (κ3) is 3.61. The van der Waals surface area contributed by atoms with E-state index in [1.807, 2.05) is 0 Å². The van der Waals surface area contributed by atoms with Gasteiger partial charge in [-0.05, 0) is 37.0 Å². The number of rotatable bonds is 4. The maximum atomic E-state index is 13.4. The Hall–Kier alpha value is -0.800. The first kappa shape index (κ1) is 14.6. The molecule has 1 aliphatic carbocycles. The molecule has 0 aliphatic heterocycles. The number of anilines is 1. The Labute approximate surface area is 119 Å². The highest BCUT2D eigenvalue weighted by molar-refractivity contribution is 6.30. The molecule has 4 heteroatoms. The molecule has 2 nitrogen and oxygen atoms in total. The predicted octanol–water partition coefficient (Wildman–Crippen LogP) is 4.19. The zero-order valence-electron chi connectivity index (χ0n) is 11.4. The first-order valence-electron chi connectivity index (χ1n) is 7.01. The molecule has 3 N–H and O–H groups in total. The lowest BCUT2D eigenvalue weighted by atomic mass is 9.74. The minimum absolute atomic E-state index is 0.115. The van der Waals surface area contributed by atoms with Crippen LogP contribution in [0.1, 0.15) is 39.0 Å². The van der Waals surface area contributed by atoms with E-state index in [9.17, 15) is 4.39 Å². The highest BCUT2D eigenvalue weighted by Crippen LogP contribution is 2.36. The molecule has 2 atom stereocenters. The SMILES string of the molecule is CCC1CCCC(CN)(Nc2cc(F)cc(Cl)c2)C1. The van der Waals surface area contributed by atoms with Crippen molar-refractivity contribution in [3.05, 3.63) is 29.0 Å².